The highest BCUT2D eigenvalue weighted by atomic mass is 15.3. The maximum absolute atomic E-state index is 5.48. The van der Waals surface area contributed by atoms with Gasteiger partial charge in [0.05, 0.1) is 0 Å². The van der Waals surface area contributed by atoms with Crippen molar-refractivity contribution < 1.29 is 0 Å². The highest BCUT2D eigenvalue weighted by Crippen LogP contribution is 2.27. The number of nitrogen functional groups attached to an aromatic ring is 1. The van der Waals surface area contributed by atoms with Crippen LogP contribution in [0, 0.1) is 5.92 Å². The molecule has 2 atom stereocenters. The molecule has 1 aromatic heterocycles. The molecule has 2 rings (SSSR count). The van der Waals surface area contributed by atoms with Gasteiger partial charge in [-0.2, -0.15) is 0 Å². The largest absolute Gasteiger partial charge is 0.367 e. The van der Waals surface area contributed by atoms with Gasteiger partial charge in [-0.1, -0.05) is 33.6 Å². The third kappa shape index (κ3) is 3.56. The minimum Gasteiger partial charge on any atom is -0.367 e. The van der Waals surface area contributed by atoms with Crippen molar-refractivity contribution >= 4 is 11.6 Å². The van der Waals surface area contributed by atoms with Crippen molar-refractivity contribution in [3.8, 4) is 0 Å². The average molecular weight is 263 g/mol. The number of anilines is 2. The fourth-order valence-electron chi connectivity index (χ4n) is 2.59. The number of nitrogens with two attached hydrogens (primary N) is 1. The van der Waals surface area contributed by atoms with Crippen LogP contribution in [-0.4, -0.2) is 16.0 Å². The Bertz CT molecular complexity index is 418. The molecule has 1 aliphatic rings. The van der Waals surface area contributed by atoms with Gasteiger partial charge in [0, 0.05) is 18.0 Å². The lowest BCUT2D eigenvalue weighted by Crippen LogP contribution is -2.31. The Morgan fingerprint density at radius 1 is 1.21 bits per heavy atom. The maximum Gasteiger partial charge on any atom is 0.145 e. The van der Waals surface area contributed by atoms with E-state index in [1.807, 2.05) is 6.07 Å². The smallest absolute Gasteiger partial charge is 0.145 e. The van der Waals surface area contributed by atoms with Gasteiger partial charge in [0.2, 0.25) is 0 Å². The predicted octanol–water partition coefficient (Wildman–Crippen LogP) is 2.88. The Kier molecular flexibility index (Phi) is 4.58. The molecule has 19 heavy (non-hydrogen) atoms. The molecule has 106 valence electrons. The van der Waals surface area contributed by atoms with Gasteiger partial charge in [0.1, 0.15) is 17.5 Å². The van der Waals surface area contributed by atoms with Gasteiger partial charge in [0.25, 0.3) is 0 Å². The first-order chi connectivity index (χ1) is 9.10. The number of hydrogen-bond donors (Lipinski definition) is 3. The lowest BCUT2D eigenvalue weighted by molar-refractivity contribution is 0.349. The molecule has 0 saturated heterocycles. The monoisotopic (exact) mass is 263 g/mol. The molecule has 0 bridgehead atoms. The van der Waals surface area contributed by atoms with Crippen LogP contribution in [0.15, 0.2) is 6.07 Å². The van der Waals surface area contributed by atoms with E-state index in [1.165, 1.54) is 25.7 Å². The van der Waals surface area contributed by atoms with Crippen molar-refractivity contribution in [3.05, 3.63) is 11.9 Å². The van der Waals surface area contributed by atoms with Crippen LogP contribution in [0.25, 0.3) is 0 Å². The number of rotatable bonds is 4. The highest BCUT2D eigenvalue weighted by Gasteiger charge is 2.21. The Morgan fingerprint density at radius 2 is 1.89 bits per heavy atom. The maximum atomic E-state index is 5.48. The molecule has 0 amide bonds. The molecule has 1 fully saturated rings. The van der Waals surface area contributed by atoms with E-state index >= 15 is 0 Å². The quantitative estimate of drug-likeness (QED) is 0.575. The molecule has 0 aromatic carbocycles. The molecule has 5 nitrogen and oxygen atoms in total. The van der Waals surface area contributed by atoms with E-state index in [0.29, 0.717) is 17.8 Å². The third-order valence-corrected chi connectivity index (χ3v) is 3.85. The van der Waals surface area contributed by atoms with Gasteiger partial charge in [-0.15, -0.1) is 0 Å². The number of aromatic nitrogens is 2. The van der Waals surface area contributed by atoms with Crippen molar-refractivity contribution in [2.24, 2.45) is 11.8 Å². The van der Waals surface area contributed by atoms with Crippen LogP contribution in [0.4, 0.5) is 11.6 Å². The SMILES string of the molecule is CC(C)c1nc(NN)cc(NC2CCCCC2C)n1. The number of hydrogen-bond acceptors (Lipinski definition) is 5. The number of nitrogens with zero attached hydrogens (tertiary/aromatic N) is 2. The lowest BCUT2D eigenvalue weighted by Gasteiger charge is -2.30. The molecule has 2 unspecified atom stereocenters. The summed E-state index contributed by atoms with van der Waals surface area (Å²) in [5.41, 5.74) is 2.62. The van der Waals surface area contributed by atoms with Crippen molar-refractivity contribution in [3.63, 3.8) is 0 Å². The summed E-state index contributed by atoms with van der Waals surface area (Å²) in [6.07, 6.45) is 5.15. The predicted molar refractivity (Wildman–Crippen MR) is 79.0 cm³/mol. The molecule has 1 aromatic rings. The van der Waals surface area contributed by atoms with E-state index in [4.69, 9.17) is 5.84 Å². The summed E-state index contributed by atoms with van der Waals surface area (Å²) in [5, 5.41) is 3.55. The number of nitrogens with one attached hydrogen (secondary N) is 2. The molecule has 0 radical (unpaired) electrons. The Hall–Kier alpha value is -1.36. The molecule has 1 aliphatic carbocycles. The Balaban J connectivity index is 2.16. The van der Waals surface area contributed by atoms with Crippen molar-refractivity contribution in [2.75, 3.05) is 10.7 Å². The Labute approximate surface area is 115 Å². The second kappa shape index (κ2) is 6.19. The normalized spacial score (nSPS) is 23.4. The van der Waals surface area contributed by atoms with Crippen LogP contribution in [0.3, 0.4) is 0 Å². The molecule has 1 heterocycles. The summed E-state index contributed by atoms with van der Waals surface area (Å²) in [6.45, 7) is 6.48. The van der Waals surface area contributed by atoms with Crippen molar-refractivity contribution in [1.82, 2.24) is 9.97 Å². The molecular formula is C14H25N5. The first-order valence-corrected chi connectivity index (χ1v) is 7.22. The van der Waals surface area contributed by atoms with Gasteiger partial charge in [-0.25, -0.2) is 15.8 Å². The summed E-state index contributed by atoms with van der Waals surface area (Å²) in [6, 6.07) is 2.39. The van der Waals surface area contributed by atoms with E-state index in [9.17, 15) is 0 Å². The van der Waals surface area contributed by atoms with Crippen LogP contribution < -0.4 is 16.6 Å². The zero-order chi connectivity index (χ0) is 13.8. The van der Waals surface area contributed by atoms with Crippen LogP contribution in [0.2, 0.25) is 0 Å². The Morgan fingerprint density at radius 3 is 2.53 bits per heavy atom. The second-order valence-corrected chi connectivity index (χ2v) is 5.81. The van der Waals surface area contributed by atoms with Crippen LogP contribution >= 0.6 is 0 Å². The summed E-state index contributed by atoms with van der Waals surface area (Å²) in [4.78, 5) is 8.97. The average Bonchev–Trinajstić information content (AvgIpc) is 2.41. The highest BCUT2D eigenvalue weighted by molar-refractivity contribution is 5.47. The van der Waals surface area contributed by atoms with Gasteiger partial charge in [0.15, 0.2) is 0 Å². The van der Waals surface area contributed by atoms with Crippen LogP contribution in [0.1, 0.15) is 58.2 Å². The molecule has 0 aliphatic heterocycles. The second-order valence-electron chi connectivity index (χ2n) is 5.81. The zero-order valence-corrected chi connectivity index (χ0v) is 12.1. The van der Waals surface area contributed by atoms with Crippen LogP contribution in [-0.2, 0) is 0 Å². The standard InChI is InChI=1S/C14H25N5/c1-9(2)14-17-12(8-13(18-14)19-15)16-11-7-5-4-6-10(11)3/h8-11H,4-7,15H2,1-3H3,(H2,16,17,18,19). The van der Waals surface area contributed by atoms with Gasteiger partial charge < -0.3 is 10.7 Å². The van der Waals surface area contributed by atoms with E-state index in [2.05, 4.69) is 41.5 Å². The summed E-state index contributed by atoms with van der Waals surface area (Å²) < 4.78 is 0. The van der Waals surface area contributed by atoms with E-state index in [-0.39, 0.29) is 5.92 Å². The number of hydrazine groups is 1. The molecular weight excluding hydrogens is 238 g/mol. The first-order valence-electron chi connectivity index (χ1n) is 7.22. The van der Waals surface area contributed by atoms with Crippen LogP contribution in [0.5, 0.6) is 0 Å². The molecule has 4 N–H and O–H groups in total. The van der Waals surface area contributed by atoms with E-state index < -0.39 is 0 Å². The lowest BCUT2D eigenvalue weighted by atomic mass is 9.86. The van der Waals surface area contributed by atoms with Crippen molar-refractivity contribution in [1.29, 1.82) is 0 Å². The zero-order valence-electron chi connectivity index (χ0n) is 12.1. The van der Waals surface area contributed by atoms with Gasteiger partial charge in [-0.05, 0) is 18.8 Å². The van der Waals surface area contributed by atoms with Crippen molar-refractivity contribution in [2.45, 2.75) is 58.4 Å². The van der Waals surface area contributed by atoms with E-state index in [0.717, 1.165) is 11.6 Å². The minimum absolute atomic E-state index is 0.289. The fraction of sp³-hybridized carbons (Fsp3) is 0.714. The van der Waals surface area contributed by atoms with Gasteiger partial charge >= 0.3 is 0 Å². The molecule has 1 saturated carbocycles. The summed E-state index contributed by atoms with van der Waals surface area (Å²) >= 11 is 0. The van der Waals surface area contributed by atoms with E-state index in [1.54, 1.807) is 0 Å². The molecule has 5 heteroatoms. The fourth-order valence-corrected chi connectivity index (χ4v) is 2.59. The molecule has 0 spiro atoms. The topological polar surface area (TPSA) is 75.9 Å². The third-order valence-electron chi connectivity index (χ3n) is 3.85. The summed E-state index contributed by atoms with van der Waals surface area (Å²) in [5.74, 6) is 8.84. The first kappa shape index (κ1) is 14.1. The minimum atomic E-state index is 0.289. The van der Waals surface area contributed by atoms with Gasteiger partial charge in [-0.3, -0.25) is 0 Å². The summed E-state index contributed by atoms with van der Waals surface area (Å²) in [7, 11) is 0.